The molecule has 1 aliphatic heterocycles. The largest absolute Gasteiger partial charge is 0.346 e. The van der Waals surface area contributed by atoms with Crippen LogP contribution in [0, 0.1) is 5.92 Å². The minimum atomic E-state index is -0.419. The Bertz CT molecular complexity index is 1100. The second kappa shape index (κ2) is 9.47. The first-order valence-corrected chi connectivity index (χ1v) is 10.6. The molecule has 0 saturated carbocycles. The van der Waals surface area contributed by atoms with E-state index in [2.05, 4.69) is 10.6 Å². The van der Waals surface area contributed by atoms with Crippen molar-refractivity contribution < 1.29 is 14.4 Å². The Morgan fingerprint density at radius 2 is 1.53 bits per heavy atom. The third-order valence-electron chi connectivity index (χ3n) is 5.63. The first kappa shape index (κ1) is 21.3. The standard InChI is InChI=1S/C26H25N3O3/c1-18(19-8-4-2-5-9-19)27-25(31)20-12-14-22(15-13-20)28-26(32)21-16-24(30)29(17-21)23-10-6-3-7-11-23/h2-15,18,21H,16-17H2,1H3,(H,27,31)(H,28,32). The number of carbonyl (C=O) groups is 3. The number of nitrogens with zero attached hydrogens (tertiary/aromatic N) is 1. The molecule has 0 spiro atoms. The number of hydrogen-bond acceptors (Lipinski definition) is 3. The molecule has 3 aromatic carbocycles. The van der Waals surface area contributed by atoms with Crippen LogP contribution < -0.4 is 15.5 Å². The van der Waals surface area contributed by atoms with E-state index in [-0.39, 0.29) is 30.2 Å². The number of anilines is 2. The number of rotatable bonds is 6. The van der Waals surface area contributed by atoms with Crippen LogP contribution in [0.3, 0.4) is 0 Å². The van der Waals surface area contributed by atoms with Crippen molar-refractivity contribution in [3.8, 4) is 0 Å². The average molecular weight is 428 g/mol. The number of benzene rings is 3. The second-order valence-corrected chi connectivity index (χ2v) is 7.91. The van der Waals surface area contributed by atoms with Crippen LogP contribution in [-0.4, -0.2) is 24.3 Å². The van der Waals surface area contributed by atoms with Gasteiger partial charge < -0.3 is 15.5 Å². The van der Waals surface area contributed by atoms with E-state index in [0.717, 1.165) is 11.3 Å². The third-order valence-corrected chi connectivity index (χ3v) is 5.63. The van der Waals surface area contributed by atoms with Crippen molar-refractivity contribution >= 4 is 29.1 Å². The predicted octanol–water partition coefficient (Wildman–Crippen LogP) is 4.17. The SMILES string of the molecule is CC(NC(=O)c1ccc(NC(=O)C2CC(=O)N(c3ccccc3)C2)cc1)c1ccccc1. The lowest BCUT2D eigenvalue weighted by Gasteiger charge is -2.16. The van der Waals surface area contributed by atoms with Gasteiger partial charge in [0.15, 0.2) is 0 Å². The van der Waals surface area contributed by atoms with Crippen LogP contribution in [-0.2, 0) is 9.59 Å². The lowest BCUT2D eigenvalue weighted by atomic mass is 10.1. The fraction of sp³-hybridized carbons (Fsp3) is 0.192. The molecule has 0 aliphatic carbocycles. The summed E-state index contributed by atoms with van der Waals surface area (Å²) in [6.45, 7) is 2.29. The summed E-state index contributed by atoms with van der Waals surface area (Å²) in [4.78, 5) is 39.2. The van der Waals surface area contributed by atoms with Crippen LogP contribution in [0.15, 0.2) is 84.9 Å². The maximum atomic E-state index is 12.7. The third kappa shape index (κ3) is 4.86. The second-order valence-electron chi connectivity index (χ2n) is 7.91. The minimum Gasteiger partial charge on any atom is -0.346 e. The Balaban J connectivity index is 1.34. The molecule has 0 bridgehead atoms. The first-order chi connectivity index (χ1) is 15.5. The first-order valence-electron chi connectivity index (χ1n) is 10.6. The van der Waals surface area contributed by atoms with Crippen molar-refractivity contribution in [1.29, 1.82) is 0 Å². The highest BCUT2D eigenvalue weighted by Gasteiger charge is 2.35. The average Bonchev–Trinajstić information content (AvgIpc) is 3.22. The van der Waals surface area contributed by atoms with E-state index in [1.165, 1.54) is 0 Å². The number of carbonyl (C=O) groups excluding carboxylic acids is 3. The van der Waals surface area contributed by atoms with E-state index < -0.39 is 5.92 Å². The van der Waals surface area contributed by atoms with Crippen LogP contribution in [0.1, 0.15) is 35.3 Å². The van der Waals surface area contributed by atoms with Crippen molar-refractivity contribution in [1.82, 2.24) is 5.32 Å². The Morgan fingerprint density at radius 3 is 2.19 bits per heavy atom. The molecule has 1 fully saturated rings. The van der Waals surface area contributed by atoms with Crippen LogP contribution in [0.5, 0.6) is 0 Å². The zero-order valence-corrected chi connectivity index (χ0v) is 17.8. The number of amides is 3. The van der Waals surface area contributed by atoms with Crippen LogP contribution in [0.25, 0.3) is 0 Å². The van der Waals surface area contributed by atoms with Gasteiger partial charge in [0.2, 0.25) is 11.8 Å². The summed E-state index contributed by atoms with van der Waals surface area (Å²) >= 11 is 0. The van der Waals surface area contributed by atoms with Crippen LogP contribution >= 0.6 is 0 Å². The highest BCUT2D eigenvalue weighted by Crippen LogP contribution is 2.26. The van der Waals surface area contributed by atoms with Gasteiger partial charge in [0.25, 0.3) is 5.91 Å². The highest BCUT2D eigenvalue weighted by atomic mass is 16.2. The summed E-state index contributed by atoms with van der Waals surface area (Å²) in [5, 5.41) is 5.83. The summed E-state index contributed by atoms with van der Waals surface area (Å²) < 4.78 is 0. The number of nitrogens with one attached hydrogen (secondary N) is 2. The summed E-state index contributed by atoms with van der Waals surface area (Å²) in [7, 11) is 0. The van der Waals surface area contributed by atoms with Crippen molar-refractivity contribution in [2.45, 2.75) is 19.4 Å². The minimum absolute atomic E-state index is 0.0593. The molecule has 4 rings (SSSR count). The monoisotopic (exact) mass is 427 g/mol. The lowest BCUT2D eigenvalue weighted by molar-refractivity contribution is -0.122. The molecule has 1 saturated heterocycles. The molecule has 1 heterocycles. The molecular weight excluding hydrogens is 402 g/mol. The summed E-state index contributed by atoms with van der Waals surface area (Å²) in [6, 6.07) is 25.7. The van der Waals surface area contributed by atoms with E-state index in [4.69, 9.17) is 0 Å². The van der Waals surface area contributed by atoms with E-state index in [1.807, 2.05) is 67.6 Å². The van der Waals surface area contributed by atoms with Gasteiger partial charge in [-0.3, -0.25) is 14.4 Å². The van der Waals surface area contributed by atoms with E-state index >= 15 is 0 Å². The summed E-state index contributed by atoms with van der Waals surface area (Å²) in [6.07, 6.45) is 0.179. The maximum Gasteiger partial charge on any atom is 0.251 e. The van der Waals surface area contributed by atoms with Crippen LogP contribution in [0.2, 0.25) is 0 Å². The van der Waals surface area contributed by atoms with Crippen molar-refractivity contribution in [3.63, 3.8) is 0 Å². The molecule has 1 aliphatic rings. The Morgan fingerprint density at radius 1 is 0.906 bits per heavy atom. The Kier molecular flexibility index (Phi) is 6.31. The van der Waals surface area contributed by atoms with Crippen molar-refractivity contribution in [3.05, 3.63) is 96.1 Å². The fourth-order valence-corrected chi connectivity index (χ4v) is 3.79. The van der Waals surface area contributed by atoms with Crippen LogP contribution in [0.4, 0.5) is 11.4 Å². The Labute approximate surface area is 187 Å². The molecule has 3 aromatic rings. The van der Waals surface area contributed by atoms with Gasteiger partial charge in [0.1, 0.15) is 0 Å². The van der Waals surface area contributed by atoms with Gasteiger partial charge in [0.05, 0.1) is 12.0 Å². The number of hydrogen-bond donors (Lipinski definition) is 2. The predicted molar refractivity (Wildman–Crippen MR) is 124 cm³/mol. The van der Waals surface area contributed by atoms with Gasteiger partial charge in [0, 0.05) is 29.9 Å². The molecular formula is C26H25N3O3. The van der Waals surface area contributed by atoms with Crippen molar-refractivity contribution in [2.24, 2.45) is 5.92 Å². The van der Waals surface area contributed by atoms with Gasteiger partial charge in [-0.1, -0.05) is 48.5 Å². The molecule has 3 amide bonds. The quantitative estimate of drug-likeness (QED) is 0.620. The van der Waals surface area contributed by atoms with Gasteiger partial charge in [-0.2, -0.15) is 0 Å². The molecule has 162 valence electrons. The zero-order chi connectivity index (χ0) is 22.5. The number of para-hydroxylation sites is 1. The maximum absolute atomic E-state index is 12.7. The van der Waals surface area contributed by atoms with Gasteiger partial charge in [-0.25, -0.2) is 0 Å². The van der Waals surface area contributed by atoms with Gasteiger partial charge in [-0.15, -0.1) is 0 Å². The molecule has 32 heavy (non-hydrogen) atoms. The summed E-state index contributed by atoms with van der Waals surface area (Å²) in [5.74, 6) is -0.862. The van der Waals surface area contributed by atoms with Crippen molar-refractivity contribution in [2.75, 3.05) is 16.8 Å². The molecule has 2 atom stereocenters. The smallest absolute Gasteiger partial charge is 0.251 e. The lowest BCUT2D eigenvalue weighted by Crippen LogP contribution is -2.28. The fourth-order valence-electron chi connectivity index (χ4n) is 3.79. The van der Waals surface area contributed by atoms with Gasteiger partial charge in [-0.05, 0) is 48.9 Å². The van der Waals surface area contributed by atoms with E-state index in [1.54, 1.807) is 29.2 Å². The molecule has 6 nitrogen and oxygen atoms in total. The normalized spacial score (nSPS) is 16.5. The van der Waals surface area contributed by atoms with E-state index in [0.29, 0.717) is 17.8 Å². The zero-order valence-electron chi connectivity index (χ0n) is 17.8. The highest BCUT2D eigenvalue weighted by molar-refractivity contribution is 6.03. The molecule has 6 heteroatoms. The molecule has 0 radical (unpaired) electrons. The van der Waals surface area contributed by atoms with E-state index in [9.17, 15) is 14.4 Å². The molecule has 0 aromatic heterocycles. The Hall–Kier alpha value is -3.93. The topological polar surface area (TPSA) is 78.5 Å². The van der Waals surface area contributed by atoms with Gasteiger partial charge >= 0.3 is 0 Å². The molecule has 2 N–H and O–H groups in total. The molecule has 2 unspecified atom stereocenters. The summed E-state index contributed by atoms with van der Waals surface area (Å²) in [5.41, 5.74) is 2.93.